The van der Waals surface area contributed by atoms with Gasteiger partial charge < -0.3 is 15.2 Å². The van der Waals surface area contributed by atoms with Crippen LogP contribution in [0.1, 0.15) is 19.9 Å². The van der Waals surface area contributed by atoms with Crippen LogP contribution in [0.2, 0.25) is 0 Å². The molecule has 1 unspecified atom stereocenters. The summed E-state index contributed by atoms with van der Waals surface area (Å²) < 4.78 is 12.3. The highest BCUT2D eigenvalue weighted by molar-refractivity contribution is 5.64. The maximum absolute atomic E-state index is 5.90. The van der Waals surface area contributed by atoms with Crippen molar-refractivity contribution in [1.82, 2.24) is 20.2 Å². The van der Waals surface area contributed by atoms with Gasteiger partial charge in [0, 0.05) is 24.4 Å². The molecule has 1 aromatic carbocycles. The predicted octanol–water partition coefficient (Wildman–Crippen LogP) is 1.77. The Morgan fingerprint density at radius 1 is 1.24 bits per heavy atom. The van der Waals surface area contributed by atoms with Crippen LogP contribution in [0, 0.1) is 5.92 Å². The molecule has 0 radical (unpaired) electrons. The minimum atomic E-state index is 0.0485. The van der Waals surface area contributed by atoms with Crippen LogP contribution in [0.3, 0.4) is 0 Å². The molecule has 7 heteroatoms. The van der Waals surface area contributed by atoms with Gasteiger partial charge in [0.1, 0.15) is 5.75 Å². The molecule has 0 aliphatic heterocycles. The molecular weight excluding hydrogens is 270 g/mol. The van der Waals surface area contributed by atoms with Crippen molar-refractivity contribution in [1.29, 1.82) is 0 Å². The van der Waals surface area contributed by atoms with Crippen molar-refractivity contribution < 1.29 is 9.47 Å². The molecule has 1 aromatic heterocycles. The molecule has 1 atom stereocenters. The molecule has 21 heavy (non-hydrogen) atoms. The zero-order chi connectivity index (χ0) is 15.4. The first-order valence-corrected chi connectivity index (χ1v) is 6.78. The van der Waals surface area contributed by atoms with E-state index in [2.05, 4.69) is 29.4 Å². The maximum atomic E-state index is 5.90. The molecule has 7 nitrogen and oxygen atoms in total. The molecule has 0 amide bonds. The summed E-state index contributed by atoms with van der Waals surface area (Å²) in [4.78, 5) is 0. The van der Waals surface area contributed by atoms with Crippen molar-refractivity contribution in [3.8, 4) is 17.1 Å². The lowest BCUT2D eigenvalue weighted by Crippen LogP contribution is -2.22. The molecule has 0 spiro atoms. The maximum Gasteiger partial charge on any atom is 0.182 e. The zero-order valence-corrected chi connectivity index (χ0v) is 12.8. The average Bonchev–Trinajstić information content (AvgIpc) is 2.92. The van der Waals surface area contributed by atoms with Crippen LogP contribution >= 0.6 is 0 Å². The predicted molar refractivity (Wildman–Crippen MR) is 80.0 cm³/mol. The summed E-state index contributed by atoms with van der Waals surface area (Å²) in [5, 5.41) is 12.0. The van der Waals surface area contributed by atoms with Crippen molar-refractivity contribution in [2.75, 3.05) is 26.6 Å². The zero-order valence-electron chi connectivity index (χ0n) is 12.8. The van der Waals surface area contributed by atoms with Gasteiger partial charge in [0.25, 0.3) is 0 Å². The second-order valence-corrected chi connectivity index (χ2v) is 5.21. The van der Waals surface area contributed by atoms with Crippen molar-refractivity contribution >= 4 is 5.69 Å². The highest BCUT2D eigenvalue weighted by Gasteiger charge is 2.22. The van der Waals surface area contributed by atoms with Crippen LogP contribution in [0.4, 0.5) is 5.69 Å². The molecular formula is C14H21N5O2. The molecule has 2 rings (SSSR count). The second-order valence-electron chi connectivity index (χ2n) is 5.21. The minimum Gasteiger partial charge on any atom is -0.497 e. The molecule has 2 N–H and O–H groups in total. The van der Waals surface area contributed by atoms with Crippen LogP contribution in [0.15, 0.2) is 18.2 Å². The van der Waals surface area contributed by atoms with Crippen LogP contribution in [0.5, 0.6) is 5.75 Å². The van der Waals surface area contributed by atoms with Gasteiger partial charge in [-0.3, -0.25) is 0 Å². The number of nitrogens with two attached hydrogens (primary N) is 1. The van der Waals surface area contributed by atoms with Gasteiger partial charge in [-0.15, -0.1) is 5.10 Å². The summed E-state index contributed by atoms with van der Waals surface area (Å²) >= 11 is 0. The Kier molecular flexibility index (Phi) is 4.74. The molecule has 2 aromatic rings. The molecule has 0 fully saturated rings. The second kappa shape index (κ2) is 6.53. The van der Waals surface area contributed by atoms with Crippen LogP contribution in [-0.2, 0) is 4.74 Å². The van der Waals surface area contributed by atoms with Gasteiger partial charge in [-0.05, 0) is 28.5 Å². The van der Waals surface area contributed by atoms with Gasteiger partial charge in [0.05, 0.1) is 19.8 Å². The van der Waals surface area contributed by atoms with Gasteiger partial charge in [0.2, 0.25) is 0 Å². The standard InChI is InChI=1S/C14H21N5O2/c1-9(2)13(8-20-3)19-14(16-17-18-19)10-5-11(15)7-12(6-10)21-4/h5-7,9,13H,8,15H2,1-4H3. The Labute approximate surface area is 124 Å². The number of hydrogen-bond acceptors (Lipinski definition) is 6. The topological polar surface area (TPSA) is 88.1 Å². The summed E-state index contributed by atoms with van der Waals surface area (Å²) in [6.45, 7) is 4.75. The molecule has 0 aliphatic rings. The number of nitrogens with zero attached hydrogens (tertiary/aromatic N) is 4. The summed E-state index contributed by atoms with van der Waals surface area (Å²) in [7, 11) is 3.27. The van der Waals surface area contributed by atoms with E-state index >= 15 is 0 Å². The Bertz CT molecular complexity index is 597. The van der Waals surface area contributed by atoms with Gasteiger partial charge in [-0.2, -0.15) is 0 Å². The molecule has 1 heterocycles. The Hall–Kier alpha value is -2.15. The number of aromatic nitrogens is 4. The van der Waals surface area contributed by atoms with Crippen molar-refractivity contribution in [2.45, 2.75) is 19.9 Å². The molecule has 114 valence electrons. The largest absolute Gasteiger partial charge is 0.497 e. The van der Waals surface area contributed by atoms with E-state index in [9.17, 15) is 0 Å². The fraction of sp³-hybridized carbons (Fsp3) is 0.500. The summed E-state index contributed by atoms with van der Waals surface area (Å²) in [5.74, 6) is 1.65. The average molecular weight is 291 g/mol. The number of ether oxygens (including phenoxy) is 2. The van der Waals surface area contributed by atoms with E-state index in [0.29, 0.717) is 29.8 Å². The highest BCUT2D eigenvalue weighted by atomic mass is 16.5. The minimum absolute atomic E-state index is 0.0485. The van der Waals surface area contributed by atoms with E-state index in [1.165, 1.54) is 0 Å². The van der Waals surface area contributed by atoms with Crippen molar-refractivity contribution in [3.63, 3.8) is 0 Å². The van der Waals surface area contributed by atoms with Gasteiger partial charge in [-0.1, -0.05) is 13.8 Å². The highest BCUT2D eigenvalue weighted by Crippen LogP contribution is 2.28. The summed E-state index contributed by atoms with van der Waals surface area (Å²) in [6, 6.07) is 5.50. The normalized spacial score (nSPS) is 12.6. The van der Waals surface area contributed by atoms with E-state index in [-0.39, 0.29) is 6.04 Å². The first-order valence-electron chi connectivity index (χ1n) is 6.78. The number of anilines is 1. The lowest BCUT2D eigenvalue weighted by Gasteiger charge is -2.21. The van der Waals surface area contributed by atoms with Crippen molar-refractivity contribution in [3.05, 3.63) is 18.2 Å². The number of tetrazole rings is 1. The third-order valence-electron chi connectivity index (χ3n) is 3.34. The van der Waals surface area contributed by atoms with E-state index in [1.54, 1.807) is 25.0 Å². The first-order chi connectivity index (χ1) is 10.1. The van der Waals surface area contributed by atoms with E-state index in [4.69, 9.17) is 15.2 Å². The summed E-state index contributed by atoms with van der Waals surface area (Å²) in [6.07, 6.45) is 0. The quantitative estimate of drug-likeness (QED) is 0.816. The number of rotatable bonds is 6. The third kappa shape index (κ3) is 3.30. The van der Waals surface area contributed by atoms with Crippen LogP contribution in [0.25, 0.3) is 11.4 Å². The lowest BCUT2D eigenvalue weighted by atomic mass is 10.0. The Morgan fingerprint density at radius 3 is 2.62 bits per heavy atom. The van der Waals surface area contributed by atoms with E-state index in [1.807, 2.05) is 12.1 Å². The number of hydrogen-bond donors (Lipinski definition) is 1. The number of nitrogen functional groups attached to an aromatic ring is 1. The fourth-order valence-corrected chi connectivity index (χ4v) is 2.19. The smallest absolute Gasteiger partial charge is 0.182 e. The third-order valence-corrected chi connectivity index (χ3v) is 3.34. The fourth-order valence-electron chi connectivity index (χ4n) is 2.19. The molecule has 0 saturated heterocycles. The SMILES string of the molecule is COCC(C(C)C)n1nnnc1-c1cc(N)cc(OC)c1. The van der Waals surface area contributed by atoms with Crippen LogP contribution < -0.4 is 10.5 Å². The van der Waals surface area contributed by atoms with E-state index in [0.717, 1.165) is 5.56 Å². The Morgan fingerprint density at radius 2 is 2.00 bits per heavy atom. The van der Waals surface area contributed by atoms with Crippen molar-refractivity contribution in [2.24, 2.45) is 5.92 Å². The van der Waals surface area contributed by atoms with Gasteiger partial charge >= 0.3 is 0 Å². The first kappa shape index (κ1) is 15.2. The molecule has 0 saturated carbocycles. The van der Waals surface area contributed by atoms with Crippen LogP contribution in [-0.4, -0.2) is 41.0 Å². The number of benzene rings is 1. The monoisotopic (exact) mass is 291 g/mol. The van der Waals surface area contributed by atoms with E-state index < -0.39 is 0 Å². The van der Waals surface area contributed by atoms with Gasteiger partial charge in [-0.25, -0.2) is 4.68 Å². The summed E-state index contributed by atoms with van der Waals surface area (Å²) in [5.41, 5.74) is 7.32. The lowest BCUT2D eigenvalue weighted by molar-refractivity contribution is 0.126. The molecule has 0 aliphatic carbocycles. The van der Waals surface area contributed by atoms with Gasteiger partial charge in [0.15, 0.2) is 5.82 Å². The Balaban J connectivity index is 2.46. The molecule has 0 bridgehead atoms. The number of methoxy groups -OCH3 is 2.